The van der Waals surface area contributed by atoms with Crippen molar-refractivity contribution in [3.8, 4) is 11.5 Å². The van der Waals surface area contributed by atoms with Crippen molar-refractivity contribution >= 4 is 11.8 Å². The van der Waals surface area contributed by atoms with E-state index in [1.165, 1.54) is 24.3 Å². The fourth-order valence-electron chi connectivity index (χ4n) is 4.24. The molecule has 0 radical (unpaired) electrons. The Morgan fingerprint density at radius 2 is 1.97 bits per heavy atom. The Labute approximate surface area is 180 Å². The maximum Gasteiger partial charge on any atom is 0.296 e. The Balaban J connectivity index is 1.57. The van der Waals surface area contributed by atoms with Gasteiger partial charge in [0.05, 0.1) is 0 Å². The molecule has 2 aromatic rings. The van der Waals surface area contributed by atoms with E-state index in [0.29, 0.717) is 31.7 Å². The highest BCUT2D eigenvalue weighted by molar-refractivity contribution is 5.96. The van der Waals surface area contributed by atoms with Gasteiger partial charge in [-0.05, 0) is 55.4 Å². The van der Waals surface area contributed by atoms with Gasteiger partial charge in [-0.2, -0.15) is 4.98 Å². The van der Waals surface area contributed by atoms with Crippen LogP contribution in [0.15, 0.2) is 28.8 Å². The summed E-state index contributed by atoms with van der Waals surface area (Å²) in [4.78, 5) is 32.1. The zero-order valence-corrected chi connectivity index (χ0v) is 17.7. The van der Waals surface area contributed by atoms with Crippen LogP contribution in [0.1, 0.15) is 43.7 Å². The van der Waals surface area contributed by atoms with Crippen molar-refractivity contribution in [1.29, 1.82) is 0 Å². The van der Waals surface area contributed by atoms with Gasteiger partial charge in [0.25, 0.3) is 17.6 Å². The van der Waals surface area contributed by atoms with E-state index in [-0.39, 0.29) is 41.3 Å². The molecule has 2 aliphatic rings. The van der Waals surface area contributed by atoms with Crippen molar-refractivity contribution in [3.63, 3.8) is 0 Å². The summed E-state index contributed by atoms with van der Waals surface area (Å²) in [7, 11) is 0. The van der Waals surface area contributed by atoms with Gasteiger partial charge in [0, 0.05) is 31.4 Å². The third kappa shape index (κ3) is 4.76. The first-order valence-electron chi connectivity index (χ1n) is 10.7. The van der Waals surface area contributed by atoms with Crippen molar-refractivity contribution in [2.75, 3.05) is 19.8 Å². The fraction of sp³-hybridized carbons (Fsp3) is 0.545. The van der Waals surface area contributed by atoms with Crippen molar-refractivity contribution in [1.82, 2.24) is 20.4 Å². The second kappa shape index (κ2) is 9.13. The third-order valence-electron chi connectivity index (χ3n) is 5.90. The molecule has 1 N–H and O–H groups in total. The zero-order chi connectivity index (χ0) is 22.0. The van der Waals surface area contributed by atoms with E-state index in [1.54, 1.807) is 4.90 Å². The van der Waals surface area contributed by atoms with E-state index in [4.69, 9.17) is 9.26 Å². The van der Waals surface area contributed by atoms with Crippen LogP contribution in [0.4, 0.5) is 4.39 Å². The molecule has 0 bridgehead atoms. The first kappa shape index (κ1) is 21.4. The van der Waals surface area contributed by atoms with Gasteiger partial charge in [-0.3, -0.25) is 9.59 Å². The maximum atomic E-state index is 13.3. The average Bonchev–Trinajstić information content (AvgIpc) is 3.25. The highest BCUT2D eigenvalue weighted by Crippen LogP contribution is 2.26. The first-order chi connectivity index (χ1) is 14.9. The highest BCUT2D eigenvalue weighted by atomic mass is 19.1. The molecule has 0 spiro atoms. The quantitative estimate of drug-likeness (QED) is 0.783. The number of amides is 2. The number of rotatable bonds is 5. The number of hydrogen-bond acceptors (Lipinski definition) is 6. The van der Waals surface area contributed by atoms with Crippen LogP contribution >= 0.6 is 0 Å². The largest absolute Gasteiger partial charge is 0.381 e. The molecule has 2 fully saturated rings. The van der Waals surface area contributed by atoms with Crippen LogP contribution in [0.25, 0.3) is 11.5 Å². The number of hydrogen-bond donors (Lipinski definition) is 1. The Morgan fingerprint density at radius 3 is 2.65 bits per heavy atom. The number of carbonyl (C=O) groups is 2. The van der Waals surface area contributed by atoms with Crippen molar-refractivity contribution in [2.45, 2.75) is 45.2 Å². The van der Waals surface area contributed by atoms with Gasteiger partial charge in [-0.25, -0.2) is 4.39 Å². The van der Waals surface area contributed by atoms with Crippen LogP contribution in [0, 0.1) is 17.7 Å². The lowest BCUT2D eigenvalue weighted by atomic mass is 9.88. The molecular weight excluding hydrogens is 403 g/mol. The molecule has 31 heavy (non-hydrogen) atoms. The van der Waals surface area contributed by atoms with Crippen molar-refractivity contribution < 1.29 is 23.2 Å². The van der Waals surface area contributed by atoms with E-state index >= 15 is 0 Å². The average molecular weight is 430 g/mol. The molecular formula is C22H27FN4O4. The first-order valence-corrected chi connectivity index (χ1v) is 10.7. The van der Waals surface area contributed by atoms with Crippen LogP contribution in [0.2, 0.25) is 0 Å². The summed E-state index contributed by atoms with van der Waals surface area (Å²) >= 11 is 0. The second-order valence-corrected chi connectivity index (χ2v) is 8.60. The predicted molar refractivity (Wildman–Crippen MR) is 109 cm³/mol. The minimum atomic E-state index is -0.587. The van der Waals surface area contributed by atoms with E-state index in [1.807, 2.05) is 13.8 Å². The van der Waals surface area contributed by atoms with Crippen molar-refractivity contribution in [3.05, 3.63) is 35.9 Å². The minimum Gasteiger partial charge on any atom is -0.381 e. The van der Waals surface area contributed by atoms with E-state index in [9.17, 15) is 14.0 Å². The Bertz CT molecular complexity index is 924. The summed E-state index contributed by atoms with van der Waals surface area (Å²) < 4.78 is 23.9. The van der Waals surface area contributed by atoms with Crippen LogP contribution in [0.5, 0.6) is 0 Å². The Morgan fingerprint density at radius 1 is 1.26 bits per heavy atom. The van der Waals surface area contributed by atoms with Gasteiger partial charge in [0.15, 0.2) is 0 Å². The summed E-state index contributed by atoms with van der Waals surface area (Å²) in [5.74, 6) is -0.449. The summed E-state index contributed by atoms with van der Waals surface area (Å²) in [6, 6.07) is 4.87. The van der Waals surface area contributed by atoms with Gasteiger partial charge in [-0.15, -0.1) is 0 Å². The topological polar surface area (TPSA) is 97.6 Å². The molecule has 2 saturated heterocycles. The fourth-order valence-corrected chi connectivity index (χ4v) is 4.24. The van der Waals surface area contributed by atoms with E-state index in [0.717, 1.165) is 12.8 Å². The summed E-state index contributed by atoms with van der Waals surface area (Å²) in [6.07, 6.45) is 2.23. The smallest absolute Gasteiger partial charge is 0.296 e. The third-order valence-corrected chi connectivity index (χ3v) is 5.90. The number of ether oxygens (including phenoxy) is 1. The summed E-state index contributed by atoms with van der Waals surface area (Å²) in [6.45, 7) is 5.74. The molecule has 0 aliphatic carbocycles. The number of halogens is 1. The maximum absolute atomic E-state index is 13.3. The lowest BCUT2D eigenvalue weighted by molar-refractivity contribution is -0.131. The van der Waals surface area contributed by atoms with Gasteiger partial charge in [0.1, 0.15) is 11.9 Å². The molecule has 166 valence electrons. The minimum absolute atomic E-state index is 0.103. The van der Waals surface area contributed by atoms with Crippen LogP contribution in [0.3, 0.4) is 0 Å². The molecule has 2 unspecified atom stereocenters. The molecule has 4 rings (SSSR count). The predicted octanol–water partition coefficient (Wildman–Crippen LogP) is 2.66. The van der Waals surface area contributed by atoms with Crippen LogP contribution in [-0.4, -0.2) is 58.7 Å². The normalized spacial score (nSPS) is 22.6. The monoisotopic (exact) mass is 430 g/mol. The molecule has 2 amide bonds. The number of nitrogens with one attached hydrogen (secondary N) is 1. The SMILES string of the molecule is CC(C)CC1C(=O)NC(C2CCOCC2)CN1C(=O)c1noc(-c2ccc(F)cc2)n1. The molecule has 0 saturated carbocycles. The van der Waals surface area contributed by atoms with Crippen LogP contribution in [-0.2, 0) is 9.53 Å². The zero-order valence-electron chi connectivity index (χ0n) is 17.7. The molecule has 9 heteroatoms. The highest BCUT2D eigenvalue weighted by Gasteiger charge is 2.41. The van der Waals surface area contributed by atoms with Gasteiger partial charge >= 0.3 is 0 Å². The lowest BCUT2D eigenvalue weighted by Crippen LogP contribution is -2.64. The number of piperazine rings is 1. The van der Waals surface area contributed by atoms with Crippen molar-refractivity contribution in [2.24, 2.45) is 11.8 Å². The van der Waals surface area contributed by atoms with Gasteiger partial charge < -0.3 is 19.5 Å². The van der Waals surface area contributed by atoms with E-state index in [2.05, 4.69) is 15.5 Å². The molecule has 2 aliphatic heterocycles. The summed E-state index contributed by atoms with van der Waals surface area (Å²) in [5.41, 5.74) is 0.517. The molecule has 2 atom stereocenters. The van der Waals surface area contributed by atoms with E-state index < -0.39 is 11.9 Å². The Hall–Kier alpha value is -2.81. The number of benzene rings is 1. The lowest BCUT2D eigenvalue weighted by Gasteiger charge is -2.43. The van der Waals surface area contributed by atoms with Crippen LogP contribution < -0.4 is 5.32 Å². The van der Waals surface area contributed by atoms with Gasteiger partial charge in [0.2, 0.25) is 5.91 Å². The van der Waals surface area contributed by atoms with Gasteiger partial charge in [-0.1, -0.05) is 19.0 Å². The molecule has 3 heterocycles. The summed E-state index contributed by atoms with van der Waals surface area (Å²) in [5, 5.41) is 6.97. The number of aromatic nitrogens is 2. The second-order valence-electron chi connectivity index (χ2n) is 8.60. The standard InChI is InChI=1S/C22H27FN4O4/c1-13(2)11-18-20(28)24-17(14-7-9-30-10-8-14)12-27(18)22(29)19-25-21(31-26-19)15-3-5-16(23)6-4-15/h3-6,13-14,17-18H,7-12H2,1-2H3,(H,24,28). The number of carbonyl (C=O) groups excluding carboxylic acids is 2. The molecule has 1 aromatic heterocycles. The Kier molecular flexibility index (Phi) is 6.31. The number of nitrogens with zero attached hydrogens (tertiary/aromatic N) is 3. The molecule has 8 nitrogen and oxygen atoms in total. The molecule has 1 aromatic carbocycles.